The molecule has 0 radical (unpaired) electrons. The summed E-state index contributed by atoms with van der Waals surface area (Å²) in [5.41, 5.74) is 3.56. The molecular weight excluding hydrogens is 334 g/mol. The van der Waals surface area contributed by atoms with Gasteiger partial charge in [0.1, 0.15) is 5.75 Å². The summed E-state index contributed by atoms with van der Waals surface area (Å²) in [6, 6.07) is 12.8. The Kier molecular flexibility index (Phi) is 7.02. The average molecular weight is 362 g/mol. The summed E-state index contributed by atoms with van der Waals surface area (Å²) in [7, 11) is -3.50. The van der Waals surface area contributed by atoms with Crippen molar-refractivity contribution in [1.82, 2.24) is 4.72 Å². The highest BCUT2D eigenvalue weighted by Crippen LogP contribution is 2.16. The summed E-state index contributed by atoms with van der Waals surface area (Å²) in [5.74, 6) is 0.697. The Hall–Kier alpha value is -1.85. The maximum atomic E-state index is 12.4. The first-order valence-electron chi connectivity index (χ1n) is 8.71. The van der Waals surface area contributed by atoms with E-state index in [0.29, 0.717) is 25.3 Å². The zero-order valence-corrected chi connectivity index (χ0v) is 16.0. The van der Waals surface area contributed by atoms with Crippen molar-refractivity contribution in [2.45, 2.75) is 44.9 Å². The number of nitrogens with one attached hydrogen (secondary N) is 1. The van der Waals surface area contributed by atoms with Crippen molar-refractivity contribution in [3.8, 4) is 5.75 Å². The van der Waals surface area contributed by atoms with Gasteiger partial charge in [0.25, 0.3) is 0 Å². The lowest BCUT2D eigenvalue weighted by molar-refractivity contribution is 0.309. The second kappa shape index (κ2) is 9.02. The molecule has 25 heavy (non-hydrogen) atoms. The number of aryl methyl sites for hydroxylation is 2. The molecule has 0 unspecified atom stereocenters. The zero-order valence-electron chi connectivity index (χ0n) is 15.2. The number of sulfonamides is 1. The fourth-order valence-electron chi connectivity index (χ4n) is 2.58. The molecule has 0 aromatic heterocycles. The van der Waals surface area contributed by atoms with Crippen LogP contribution in [-0.2, 0) is 16.4 Å². The van der Waals surface area contributed by atoms with Crippen LogP contribution in [0.15, 0.2) is 47.4 Å². The summed E-state index contributed by atoms with van der Waals surface area (Å²) in [4.78, 5) is 0.260. The van der Waals surface area contributed by atoms with Gasteiger partial charge < -0.3 is 4.74 Å². The first-order chi connectivity index (χ1) is 11.9. The molecule has 0 amide bonds. The number of unbranched alkanes of at least 4 members (excludes halogenated alkanes) is 1. The SMILES string of the molecule is CCCCOc1ccc(S(=O)(=O)NCCc2ccc(C)cc2C)cc1. The van der Waals surface area contributed by atoms with Crippen LogP contribution in [0.4, 0.5) is 0 Å². The molecule has 0 aliphatic rings. The molecule has 0 fully saturated rings. The van der Waals surface area contributed by atoms with Gasteiger partial charge in [-0.2, -0.15) is 0 Å². The molecule has 2 rings (SSSR count). The smallest absolute Gasteiger partial charge is 0.240 e. The lowest BCUT2D eigenvalue weighted by Gasteiger charge is -2.10. The number of hydrogen-bond acceptors (Lipinski definition) is 3. The molecule has 0 aliphatic carbocycles. The lowest BCUT2D eigenvalue weighted by Crippen LogP contribution is -2.26. The number of rotatable bonds is 9. The van der Waals surface area contributed by atoms with Gasteiger partial charge in [-0.25, -0.2) is 13.1 Å². The van der Waals surface area contributed by atoms with E-state index in [1.165, 1.54) is 11.1 Å². The molecule has 0 spiro atoms. The van der Waals surface area contributed by atoms with E-state index in [4.69, 9.17) is 4.74 Å². The molecule has 0 heterocycles. The summed E-state index contributed by atoms with van der Waals surface area (Å²) < 4.78 is 33.0. The van der Waals surface area contributed by atoms with E-state index in [1.54, 1.807) is 24.3 Å². The molecule has 2 aromatic carbocycles. The Balaban J connectivity index is 1.92. The molecule has 136 valence electrons. The highest BCUT2D eigenvalue weighted by atomic mass is 32.2. The molecule has 0 bridgehead atoms. The van der Waals surface area contributed by atoms with Crippen LogP contribution in [0.1, 0.15) is 36.5 Å². The number of benzene rings is 2. The maximum absolute atomic E-state index is 12.4. The first-order valence-corrected chi connectivity index (χ1v) is 10.2. The van der Waals surface area contributed by atoms with E-state index in [0.717, 1.165) is 18.4 Å². The van der Waals surface area contributed by atoms with Crippen molar-refractivity contribution in [2.75, 3.05) is 13.2 Å². The highest BCUT2D eigenvalue weighted by Gasteiger charge is 2.13. The van der Waals surface area contributed by atoms with E-state index in [1.807, 2.05) is 13.0 Å². The Bertz CT molecular complexity index is 783. The third-order valence-electron chi connectivity index (χ3n) is 4.09. The molecule has 4 nitrogen and oxygen atoms in total. The minimum Gasteiger partial charge on any atom is -0.494 e. The van der Waals surface area contributed by atoms with Crippen LogP contribution < -0.4 is 9.46 Å². The topological polar surface area (TPSA) is 55.4 Å². The van der Waals surface area contributed by atoms with Gasteiger partial charge in [0.2, 0.25) is 10.0 Å². The van der Waals surface area contributed by atoms with Crippen LogP contribution in [-0.4, -0.2) is 21.6 Å². The van der Waals surface area contributed by atoms with E-state index < -0.39 is 10.0 Å². The second-order valence-electron chi connectivity index (χ2n) is 6.25. The molecule has 0 saturated heterocycles. The molecule has 0 atom stereocenters. The highest BCUT2D eigenvalue weighted by molar-refractivity contribution is 7.89. The van der Waals surface area contributed by atoms with Crippen LogP contribution in [0, 0.1) is 13.8 Å². The minimum atomic E-state index is -3.50. The van der Waals surface area contributed by atoms with Crippen LogP contribution >= 0.6 is 0 Å². The first kappa shape index (κ1) is 19.5. The van der Waals surface area contributed by atoms with E-state index in [-0.39, 0.29) is 4.90 Å². The van der Waals surface area contributed by atoms with Gasteiger partial charge in [0, 0.05) is 6.54 Å². The van der Waals surface area contributed by atoms with Crippen LogP contribution in [0.2, 0.25) is 0 Å². The standard InChI is InChI=1S/C20H27NO3S/c1-4-5-14-24-19-8-10-20(11-9-19)25(22,23)21-13-12-18-7-6-16(2)15-17(18)3/h6-11,15,21H,4-5,12-14H2,1-3H3. The summed E-state index contributed by atoms with van der Waals surface area (Å²) in [6.07, 6.45) is 2.72. The monoisotopic (exact) mass is 361 g/mol. The van der Waals surface area contributed by atoms with Gasteiger partial charge in [0.15, 0.2) is 0 Å². The van der Waals surface area contributed by atoms with Crippen molar-refractivity contribution in [3.63, 3.8) is 0 Å². The van der Waals surface area contributed by atoms with Crippen molar-refractivity contribution >= 4 is 10.0 Å². The Morgan fingerprint density at radius 2 is 1.76 bits per heavy atom. The summed E-state index contributed by atoms with van der Waals surface area (Å²) >= 11 is 0. The van der Waals surface area contributed by atoms with Gasteiger partial charge in [-0.1, -0.05) is 37.1 Å². The molecular formula is C20H27NO3S. The molecule has 0 saturated carbocycles. The van der Waals surface area contributed by atoms with Gasteiger partial charge in [-0.3, -0.25) is 0 Å². The summed E-state index contributed by atoms with van der Waals surface area (Å²) in [5, 5.41) is 0. The van der Waals surface area contributed by atoms with Crippen molar-refractivity contribution in [2.24, 2.45) is 0 Å². The average Bonchev–Trinajstić information content (AvgIpc) is 2.57. The largest absolute Gasteiger partial charge is 0.494 e. The fourth-order valence-corrected chi connectivity index (χ4v) is 3.61. The van der Waals surface area contributed by atoms with Gasteiger partial charge in [-0.05, 0) is 62.1 Å². The number of hydrogen-bond donors (Lipinski definition) is 1. The predicted octanol–water partition coefficient (Wildman–Crippen LogP) is 4.00. The van der Waals surface area contributed by atoms with Crippen LogP contribution in [0.5, 0.6) is 5.75 Å². The maximum Gasteiger partial charge on any atom is 0.240 e. The van der Waals surface area contributed by atoms with Crippen LogP contribution in [0.3, 0.4) is 0 Å². The second-order valence-corrected chi connectivity index (χ2v) is 8.02. The Morgan fingerprint density at radius 1 is 1.04 bits per heavy atom. The number of ether oxygens (including phenoxy) is 1. The summed E-state index contributed by atoms with van der Waals surface area (Å²) in [6.45, 7) is 7.23. The quantitative estimate of drug-likeness (QED) is 0.687. The Labute approximate surface area is 151 Å². The van der Waals surface area contributed by atoms with Gasteiger partial charge in [0.05, 0.1) is 11.5 Å². The molecule has 5 heteroatoms. The van der Waals surface area contributed by atoms with Gasteiger partial charge >= 0.3 is 0 Å². The zero-order chi connectivity index (χ0) is 18.3. The lowest BCUT2D eigenvalue weighted by atomic mass is 10.0. The minimum absolute atomic E-state index is 0.260. The van der Waals surface area contributed by atoms with E-state index in [2.05, 4.69) is 30.7 Å². The van der Waals surface area contributed by atoms with E-state index in [9.17, 15) is 8.42 Å². The fraction of sp³-hybridized carbons (Fsp3) is 0.400. The predicted molar refractivity (Wildman–Crippen MR) is 102 cm³/mol. The molecule has 1 N–H and O–H groups in total. The van der Waals surface area contributed by atoms with Crippen molar-refractivity contribution in [3.05, 3.63) is 59.2 Å². The van der Waals surface area contributed by atoms with Crippen molar-refractivity contribution in [1.29, 1.82) is 0 Å². The van der Waals surface area contributed by atoms with E-state index >= 15 is 0 Å². The third-order valence-corrected chi connectivity index (χ3v) is 5.56. The van der Waals surface area contributed by atoms with Crippen LogP contribution in [0.25, 0.3) is 0 Å². The van der Waals surface area contributed by atoms with Crippen molar-refractivity contribution < 1.29 is 13.2 Å². The normalized spacial score (nSPS) is 11.5. The molecule has 0 aliphatic heterocycles. The third kappa shape index (κ3) is 5.87. The van der Waals surface area contributed by atoms with Gasteiger partial charge in [-0.15, -0.1) is 0 Å². The molecule has 2 aromatic rings. The Morgan fingerprint density at radius 3 is 2.40 bits per heavy atom.